The molecule has 3 aromatic rings. The molecule has 8 nitrogen and oxygen atoms in total. The highest BCUT2D eigenvalue weighted by Gasteiger charge is 2.17. The number of fused-ring (bicyclic) bond motifs is 1. The zero-order chi connectivity index (χ0) is 24.0. The van der Waals surface area contributed by atoms with E-state index < -0.39 is 42.6 Å². The standard InChI is InChI=1S/C23H19F2N3O5/c1-13(29)27-20-9-15-5-3-2-4-14(15)8-17(20)23(32)33-12-22(31)26-11-21(30)28-16-6-7-18(24)19(25)10-16/h2-10H,11-12H2,1H3,(H,26,31)(H,27,29)(H,28,30). The molecular weight excluding hydrogens is 436 g/mol. The van der Waals surface area contributed by atoms with E-state index in [1.54, 1.807) is 18.2 Å². The Morgan fingerprint density at radius 1 is 0.848 bits per heavy atom. The Morgan fingerprint density at radius 3 is 2.21 bits per heavy atom. The number of hydrogen-bond donors (Lipinski definition) is 3. The van der Waals surface area contributed by atoms with Gasteiger partial charge in [-0.25, -0.2) is 13.6 Å². The summed E-state index contributed by atoms with van der Waals surface area (Å²) >= 11 is 0. The quantitative estimate of drug-likeness (QED) is 0.474. The lowest BCUT2D eigenvalue weighted by Gasteiger charge is -2.12. The van der Waals surface area contributed by atoms with Crippen LogP contribution in [0.1, 0.15) is 17.3 Å². The third-order valence-electron chi connectivity index (χ3n) is 4.40. The summed E-state index contributed by atoms with van der Waals surface area (Å²) in [6.45, 7) is 0.134. The Kier molecular flexibility index (Phi) is 7.29. The molecule has 0 heterocycles. The van der Waals surface area contributed by atoms with E-state index in [1.807, 2.05) is 12.1 Å². The largest absolute Gasteiger partial charge is 0.452 e. The minimum Gasteiger partial charge on any atom is -0.452 e. The first-order valence-electron chi connectivity index (χ1n) is 9.72. The zero-order valence-corrected chi connectivity index (χ0v) is 17.4. The first kappa shape index (κ1) is 23.3. The zero-order valence-electron chi connectivity index (χ0n) is 17.4. The molecule has 0 saturated heterocycles. The molecule has 0 bridgehead atoms. The van der Waals surface area contributed by atoms with Gasteiger partial charge in [0.05, 0.1) is 17.8 Å². The van der Waals surface area contributed by atoms with Crippen molar-refractivity contribution in [2.75, 3.05) is 23.8 Å². The van der Waals surface area contributed by atoms with E-state index in [1.165, 1.54) is 13.0 Å². The summed E-state index contributed by atoms with van der Waals surface area (Å²) in [5.74, 6) is -4.86. The van der Waals surface area contributed by atoms with Crippen LogP contribution >= 0.6 is 0 Å². The molecule has 33 heavy (non-hydrogen) atoms. The van der Waals surface area contributed by atoms with Crippen molar-refractivity contribution < 1.29 is 32.7 Å². The van der Waals surface area contributed by atoms with Crippen LogP contribution in [-0.2, 0) is 19.1 Å². The Morgan fingerprint density at radius 2 is 1.55 bits per heavy atom. The summed E-state index contributed by atoms with van der Waals surface area (Å²) in [5, 5.41) is 8.63. The Bertz CT molecular complexity index is 1250. The number of benzene rings is 3. The highest BCUT2D eigenvalue weighted by atomic mass is 19.2. The van der Waals surface area contributed by atoms with Crippen molar-refractivity contribution in [3.63, 3.8) is 0 Å². The van der Waals surface area contributed by atoms with Crippen molar-refractivity contribution in [3.05, 3.63) is 71.8 Å². The molecule has 0 radical (unpaired) electrons. The van der Waals surface area contributed by atoms with Gasteiger partial charge in [-0.3, -0.25) is 14.4 Å². The van der Waals surface area contributed by atoms with Crippen LogP contribution < -0.4 is 16.0 Å². The number of nitrogens with one attached hydrogen (secondary N) is 3. The predicted molar refractivity (Wildman–Crippen MR) is 117 cm³/mol. The molecule has 0 saturated carbocycles. The Hall–Kier alpha value is -4.34. The second kappa shape index (κ2) is 10.3. The number of carbonyl (C=O) groups is 4. The number of anilines is 2. The minimum absolute atomic E-state index is 0.0152. The van der Waals surface area contributed by atoms with E-state index in [0.29, 0.717) is 0 Å². The van der Waals surface area contributed by atoms with Gasteiger partial charge >= 0.3 is 5.97 Å². The maximum Gasteiger partial charge on any atom is 0.340 e. The fraction of sp³-hybridized carbons (Fsp3) is 0.130. The molecule has 0 aliphatic heterocycles. The molecule has 3 rings (SSSR count). The van der Waals surface area contributed by atoms with Crippen molar-refractivity contribution in [2.45, 2.75) is 6.92 Å². The average Bonchev–Trinajstić information content (AvgIpc) is 2.77. The van der Waals surface area contributed by atoms with Crippen LogP contribution in [0.4, 0.5) is 20.2 Å². The lowest BCUT2D eigenvalue weighted by Crippen LogP contribution is -2.35. The van der Waals surface area contributed by atoms with Crippen LogP contribution in [0.25, 0.3) is 10.8 Å². The highest BCUT2D eigenvalue weighted by molar-refractivity contribution is 6.06. The molecule has 0 fully saturated rings. The van der Waals surface area contributed by atoms with Gasteiger partial charge in [-0.15, -0.1) is 0 Å². The number of carbonyl (C=O) groups excluding carboxylic acids is 4. The first-order valence-corrected chi connectivity index (χ1v) is 9.72. The van der Waals surface area contributed by atoms with E-state index in [2.05, 4.69) is 16.0 Å². The molecule has 0 atom stereocenters. The van der Waals surface area contributed by atoms with E-state index in [4.69, 9.17) is 4.74 Å². The minimum atomic E-state index is -1.13. The molecule has 3 amide bonds. The van der Waals surface area contributed by atoms with Gasteiger partial charge in [-0.2, -0.15) is 0 Å². The molecule has 10 heteroatoms. The number of rotatable bonds is 7. The third-order valence-corrected chi connectivity index (χ3v) is 4.40. The van der Waals surface area contributed by atoms with Gasteiger partial charge in [0, 0.05) is 18.7 Å². The predicted octanol–water partition coefficient (Wildman–Crippen LogP) is 2.99. The van der Waals surface area contributed by atoms with E-state index in [-0.39, 0.29) is 22.8 Å². The molecule has 0 aromatic heterocycles. The van der Waals surface area contributed by atoms with Crippen molar-refractivity contribution in [1.82, 2.24) is 5.32 Å². The number of halogens is 2. The topological polar surface area (TPSA) is 114 Å². The molecule has 0 aliphatic rings. The Balaban J connectivity index is 1.57. The molecule has 0 unspecified atom stereocenters. The summed E-state index contributed by atoms with van der Waals surface area (Å²) in [6, 6.07) is 13.2. The molecule has 170 valence electrons. The fourth-order valence-electron chi connectivity index (χ4n) is 2.92. The number of amides is 3. The monoisotopic (exact) mass is 455 g/mol. The highest BCUT2D eigenvalue weighted by Crippen LogP contribution is 2.25. The molecule has 0 aliphatic carbocycles. The van der Waals surface area contributed by atoms with Crippen LogP contribution in [0.3, 0.4) is 0 Å². The number of esters is 1. The summed E-state index contributed by atoms with van der Waals surface area (Å²) in [6.07, 6.45) is 0. The maximum atomic E-state index is 13.2. The van der Waals surface area contributed by atoms with Crippen molar-refractivity contribution in [3.8, 4) is 0 Å². The van der Waals surface area contributed by atoms with E-state index in [9.17, 15) is 28.0 Å². The van der Waals surface area contributed by atoms with E-state index in [0.717, 1.165) is 29.0 Å². The van der Waals surface area contributed by atoms with Gasteiger partial charge in [0.25, 0.3) is 5.91 Å². The van der Waals surface area contributed by atoms with Crippen molar-refractivity contribution in [1.29, 1.82) is 0 Å². The van der Waals surface area contributed by atoms with Gasteiger partial charge in [0.1, 0.15) is 0 Å². The van der Waals surface area contributed by atoms with Crippen LogP contribution in [0.15, 0.2) is 54.6 Å². The van der Waals surface area contributed by atoms with Crippen LogP contribution in [0, 0.1) is 11.6 Å². The summed E-state index contributed by atoms with van der Waals surface area (Å²) < 4.78 is 31.1. The third kappa shape index (κ3) is 6.33. The van der Waals surface area contributed by atoms with E-state index >= 15 is 0 Å². The average molecular weight is 455 g/mol. The van der Waals surface area contributed by atoms with Gasteiger partial charge in [0.15, 0.2) is 18.2 Å². The molecule has 0 spiro atoms. The lowest BCUT2D eigenvalue weighted by atomic mass is 10.0. The summed E-state index contributed by atoms with van der Waals surface area (Å²) in [4.78, 5) is 47.9. The summed E-state index contributed by atoms with van der Waals surface area (Å²) in [7, 11) is 0. The maximum absolute atomic E-state index is 13.2. The smallest absolute Gasteiger partial charge is 0.340 e. The number of ether oxygens (including phenoxy) is 1. The van der Waals surface area contributed by atoms with Gasteiger partial charge < -0.3 is 20.7 Å². The first-order chi connectivity index (χ1) is 15.7. The van der Waals surface area contributed by atoms with Crippen molar-refractivity contribution >= 4 is 45.8 Å². The second-order valence-corrected chi connectivity index (χ2v) is 6.96. The van der Waals surface area contributed by atoms with Crippen LogP contribution in [-0.4, -0.2) is 36.8 Å². The fourth-order valence-corrected chi connectivity index (χ4v) is 2.92. The Labute approximate surface area is 186 Å². The van der Waals surface area contributed by atoms with Crippen LogP contribution in [0.2, 0.25) is 0 Å². The second-order valence-electron chi connectivity index (χ2n) is 6.96. The van der Waals surface area contributed by atoms with Gasteiger partial charge in [-0.1, -0.05) is 24.3 Å². The summed E-state index contributed by atoms with van der Waals surface area (Å²) in [5.41, 5.74) is 0.312. The van der Waals surface area contributed by atoms with Crippen LogP contribution in [0.5, 0.6) is 0 Å². The molecular formula is C23H19F2N3O5. The lowest BCUT2D eigenvalue weighted by molar-refractivity contribution is -0.126. The molecule has 3 N–H and O–H groups in total. The number of hydrogen-bond acceptors (Lipinski definition) is 5. The van der Waals surface area contributed by atoms with Gasteiger partial charge in [0.2, 0.25) is 11.8 Å². The van der Waals surface area contributed by atoms with Gasteiger partial charge in [-0.05, 0) is 35.0 Å². The normalized spacial score (nSPS) is 10.4. The SMILES string of the molecule is CC(=O)Nc1cc2ccccc2cc1C(=O)OCC(=O)NCC(=O)Nc1ccc(F)c(F)c1. The van der Waals surface area contributed by atoms with Crippen molar-refractivity contribution in [2.24, 2.45) is 0 Å². The molecule has 3 aromatic carbocycles.